The van der Waals surface area contributed by atoms with Crippen molar-refractivity contribution in [3.63, 3.8) is 0 Å². The molecule has 4 nitrogen and oxygen atoms in total. The van der Waals surface area contributed by atoms with Gasteiger partial charge >= 0.3 is 0 Å². The van der Waals surface area contributed by atoms with E-state index in [9.17, 15) is 4.79 Å². The third kappa shape index (κ3) is 3.68. The Hall–Kier alpha value is -2.62. The van der Waals surface area contributed by atoms with E-state index >= 15 is 0 Å². The zero-order chi connectivity index (χ0) is 21.3. The Kier molecular flexibility index (Phi) is 6.11. The largest absolute Gasteiger partial charge is 0.359 e. The predicted octanol–water partition coefficient (Wildman–Crippen LogP) is 3.96. The molecule has 0 fully saturated rings. The van der Waals surface area contributed by atoms with Crippen LogP contribution in [-0.4, -0.2) is 21.6 Å². The molecular weight excluding hydrogens is 358 g/mol. The molecule has 2 aromatic heterocycles. The standard InChI is InChI=1S/C25H33N3O/c1-8-17-14(5)16(7)26-21(17)12-23-19(10-3)20(11-4)24(27-23)13-22-18(9-2)15(6)25(29)28-22/h12-13,26-27H,8-11H2,1-7H3. The van der Waals surface area contributed by atoms with Crippen LogP contribution in [0.1, 0.15) is 74.7 Å². The van der Waals surface area contributed by atoms with Gasteiger partial charge in [0.1, 0.15) is 0 Å². The van der Waals surface area contributed by atoms with Crippen LogP contribution in [0.3, 0.4) is 0 Å². The van der Waals surface area contributed by atoms with E-state index in [1.165, 1.54) is 33.6 Å². The van der Waals surface area contributed by atoms with Crippen molar-refractivity contribution in [1.82, 2.24) is 9.97 Å². The van der Waals surface area contributed by atoms with Gasteiger partial charge in [-0.1, -0.05) is 27.7 Å². The van der Waals surface area contributed by atoms with Crippen molar-refractivity contribution in [2.75, 3.05) is 0 Å². The molecule has 154 valence electrons. The van der Waals surface area contributed by atoms with Crippen molar-refractivity contribution in [1.29, 1.82) is 0 Å². The molecule has 1 aliphatic heterocycles. The predicted molar refractivity (Wildman–Crippen MR) is 122 cm³/mol. The van der Waals surface area contributed by atoms with E-state index < -0.39 is 0 Å². The fourth-order valence-electron chi connectivity index (χ4n) is 4.48. The van der Waals surface area contributed by atoms with Crippen molar-refractivity contribution in [2.24, 2.45) is 4.99 Å². The number of carbonyl (C=O) groups excluding carboxylic acids is 1. The number of hydrogen-bond donors (Lipinski definition) is 2. The van der Waals surface area contributed by atoms with Gasteiger partial charge in [-0.25, -0.2) is 4.99 Å². The van der Waals surface area contributed by atoms with Crippen LogP contribution in [0.25, 0.3) is 12.2 Å². The Morgan fingerprint density at radius 2 is 1.38 bits per heavy atom. The molecule has 3 heterocycles. The summed E-state index contributed by atoms with van der Waals surface area (Å²) in [6.45, 7) is 14.9. The highest BCUT2D eigenvalue weighted by molar-refractivity contribution is 6.30. The van der Waals surface area contributed by atoms with Crippen LogP contribution in [0.2, 0.25) is 0 Å². The van der Waals surface area contributed by atoms with Gasteiger partial charge in [0.15, 0.2) is 0 Å². The van der Waals surface area contributed by atoms with Crippen LogP contribution in [0.15, 0.2) is 16.1 Å². The molecule has 29 heavy (non-hydrogen) atoms. The minimum Gasteiger partial charge on any atom is -0.359 e. The van der Waals surface area contributed by atoms with Crippen LogP contribution in [0, 0.1) is 13.8 Å². The van der Waals surface area contributed by atoms with Gasteiger partial charge in [-0.15, -0.1) is 0 Å². The fourth-order valence-corrected chi connectivity index (χ4v) is 4.48. The zero-order valence-corrected chi connectivity index (χ0v) is 18.8. The molecule has 4 heteroatoms. The SMILES string of the molecule is CCC1=C(C)C(=O)N=C1C=c1[nH]c(=Cc2[nH]c(C)c(C)c2CC)c(CC)c1CC. The molecule has 1 amide bonds. The first kappa shape index (κ1) is 21.1. The number of aliphatic imine (C=N–C) groups is 1. The first-order valence-corrected chi connectivity index (χ1v) is 10.8. The number of rotatable bonds is 6. The Labute approximate surface area is 173 Å². The molecule has 3 rings (SSSR count). The van der Waals surface area contributed by atoms with Crippen LogP contribution >= 0.6 is 0 Å². The summed E-state index contributed by atoms with van der Waals surface area (Å²) in [5.74, 6) is -0.106. The number of nitrogens with one attached hydrogen (secondary N) is 2. The van der Waals surface area contributed by atoms with Crippen molar-refractivity contribution < 1.29 is 4.79 Å². The smallest absolute Gasteiger partial charge is 0.273 e. The van der Waals surface area contributed by atoms with Crippen molar-refractivity contribution in [3.05, 3.63) is 55.5 Å². The number of nitrogens with zero attached hydrogens (tertiary/aromatic N) is 1. The summed E-state index contributed by atoms with van der Waals surface area (Å²) >= 11 is 0. The van der Waals surface area contributed by atoms with Gasteiger partial charge in [0.05, 0.1) is 5.71 Å². The van der Waals surface area contributed by atoms with Crippen molar-refractivity contribution >= 4 is 23.8 Å². The fraction of sp³-hybridized carbons (Fsp3) is 0.440. The average molecular weight is 392 g/mol. The summed E-state index contributed by atoms with van der Waals surface area (Å²) in [4.78, 5) is 23.6. The first-order valence-electron chi connectivity index (χ1n) is 10.8. The normalized spacial score (nSPS) is 15.8. The third-order valence-corrected chi connectivity index (χ3v) is 6.23. The van der Waals surface area contributed by atoms with E-state index in [0.717, 1.165) is 53.2 Å². The minimum atomic E-state index is -0.106. The Morgan fingerprint density at radius 3 is 1.93 bits per heavy atom. The van der Waals surface area contributed by atoms with E-state index in [2.05, 4.69) is 68.7 Å². The van der Waals surface area contributed by atoms with Gasteiger partial charge in [-0.05, 0) is 86.4 Å². The summed E-state index contributed by atoms with van der Waals surface area (Å²) in [5, 5.41) is 2.22. The van der Waals surface area contributed by atoms with Crippen LogP contribution in [-0.2, 0) is 24.1 Å². The van der Waals surface area contributed by atoms with Crippen molar-refractivity contribution in [3.8, 4) is 0 Å². The number of H-pyrrole nitrogens is 2. The molecular formula is C25H33N3O. The lowest BCUT2D eigenvalue weighted by Crippen LogP contribution is -2.15. The highest BCUT2D eigenvalue weighted by Crippen LogP contribution is 2.21. The third-order valence-electron chi connectivity index (χ3n) is 6.23. The minimum absolute atomic E-state index is 0.106. The maximum absolute atomic E-state index is 12.1. The summed E-state index contributed by atoms with van der Waals surface area (Å²) in [6.07, 6.45) is 8.03. The Bertz CT molecular complexity index is 1140. The van der Waals surface area contributed by atoms with E-state index in [1.807, 2.05) is 6.92 Å². The number of allylic oxidation sites excluding steroid dienone is 1. The lowest BCUT2D eigenvalue weighted by molar-refractivity contribution is -0.114. The highest BCUT2D eigenvalue weighted by Gasteiger charge is 2.21. The Balaban J connectivity index is 2.24. The molecule has 0 saturated heterocycles. The number of aromatic nitrogens is 2. The molecule has 0 bridgehead atoms. The molecule has 0 radical (unpaired) electrons. The quantitative estimate of drug-likeness (QED) is 0.769. The molecule has 2 aromatic rings. The molecule has 0 saturated carbocycles. The second-order valence-electron chi connectivity index (χ2n) is 7.79. The van der Waals surface area contributed by atoms with Gasteiger partial charge < -0.3 is 9.97 Å². The molecule has 0 aliphatic carbocycles. The van der Waals surface area contributed by atoms with Gasteiger partial charge in [-0.2, -0.15) is 0 Å². The van der Waals surface area contributed by atoms with E-state index in [4.69, 9.17) is 0 Å². The number of amides is 1. The van der Waals surface area contributed by atoms with E-state index in [1.54, 1.807) is 0 Å². The maximum Gasteiger partial charge on any atom is 0.273 e. The van der Waals surface area contributed by atoms with E-state index in [0.29, 0.717) is 0 Å². The monoisotopic (exact) mass is 391 g/mol. The topological polar surface area (TPSA) is 61.0 Å². The van der Waals surface area contributed by atoms with Gasteiger partial charge in [0, 0.05) is 27.7 Å². The van der Waals surface area contributed by atoms with Crippen LogP contribution in [0.4, 0.5) is 0 Å². The summed E-state index contributed by atoms with van der Waals surface area (Å²) in [7, 11) is 0. The molecule has 0 unspecified atom stereocenters. The lowest BCUT2D eigenvalue weighted by Gasteiger charge is -2.00. The number of aryl methyl sites for hydroxylation is 1. The lowest BCUT2D eigenvalue weighted by atomic mass is 10.0. The second kappa shape index (κ2) is 8.40. The number of aromatic amines is 2. The van der Waals surface area contributed by atoms with Crippen molar-refractivity contribution in [2.45, 2.75) is 74.1 Å². The summed E-state index contributed by atoms with van der Waals surface area (Å²) in [5.41, 5.74) is 10.4. The van der Waals surface area contributed by atoms with Gasteiger partial charge in [0.2, 0.25) is 0 Å². The van der Waals surface area contributed by atoms with E-state index in [-0.39, 0.29) is 5.91 Å². The number of carbonyl (C=O) groups is 1. The molecule has 2 N–H and O–H groups in total. The van der Waals surface area contributed by atoms with Crippen LogP contribution < -0.4 is 10.7 Å². The zero-order valence-electron chi connectivity index (χ0n) is 18.8. The van der Waals surface area contributed by atoms with Gasteiger partial charge in [0.25, 0.3) is 5.91 Å². The molecule has 0 atom stereocenters. The molecule has 0 spiro atoms. The summed E-state index contributed by atoms with van der Waals surface area (Å²) in [6, 6.07) is 0. The first-order chi connectivity index (χ1) is 13.9. The maximum atomic E-state index is 12.1. The molecule has 0 aromatic carbocycles. The molecule has 1 aliphatic rings. The second-order valence-corrected chi connectivity index (χ2v) is 7.79. The Morgan fingerprint density at radius 1 is 0.793 bits per heavy atom. The summed E-state index contributed by atoms with van der Waals surface area (Å²) < 4.78 is 0. The highest BCUT2D eigenvalue weighted by atomic mass is 16.1. The van der Waals surface area contributed by atoms with Crippen LogP contribution in [0.5, 0.6) is 0 Å². The average Bonchev–Trinajstić information content (AvgIpc) is 3.27. The van der Waals surface area contributed by atoms with Gasteiger partial charge in [-0.3, -0.25) is 4.79 Å². The number of hydrogen-bond acceptors (Lipinski definition) is 1.